The van der Waals surface area contributed by atoms with Gasteiger partial charge in [-0.1, -0.05) is 30.3 Å². The van der Waals surface area contributed by atoms with Crippen molar-refractivity contribution in [1.82, 2.24) is 4.90 Å². The number of carbonyl (C=O) groups excluding carboxylic acids is 2. The first-order valence-corrected chi connectivity index (χ1v) is 11.1. The van der Waals surface area contributed by atoms with Gasteiger partial charge in [0.1, 0.15) is 0 Å². The normalized spacial score (nSPS) is 14.5. The van der Waals surface area contributed by atoms with Gasteiger partial charge in [0, 0.05) is 36.9 Å². The lowest BCUT2D eigenvalue weighted by Gasteiger charge is -2.37. The van der Waals surface area contributed by atoms with Crippen molar-refractivity contribution in [2.75, 3.05) is 43.5 Å². The van der Waals surface area contributed by atoms with Gasteiger partial charge in [-0.2, -0.15) is 0 Å². The van der Waals surface area contributed by atoms with Crippen molar-refractivity contribution in [3.63, 3.8) is 0 Å². The Balaban J connectivity index is 1.43. The maximum Gasteiger partial charge on any atom is 0.320 e. The Labute approximate surface area is 185 Å². The smallest absolute Gasteiger partial charge is 0.320 e. The topological polar surface area (TPSA) is 61.9 Å². The maximum absolute atomic E-state index is 12.2. The second-order valence-corrected chi connectivity index (χ2v) is 8.02. The molecular formula is C25H33N3O3. The van der Waals surface area contributed by atoms with Gasteiger partial charge in [0.15, 0.2) is 0 Å². The molecule has 0 aromatic heterocycles. The summed E-state index contributed by atoms with van der Waals surface area (Å²) in [6.07, 6.45) is 3.23. The van der Waals surface area contributed by atoms with Gasteiger partial charge in [0.2, 0.25) is 5.91 Å². The second kappa shape index (κ2) is 11.5. The number of hydrogen-bond donors (Lipinski definition) is 1. The van der Waals surface area contributed by atoms with Crippen molar-refractivity contribution in [2.45, 2.75) is 38.6 Å². The predicted octanol–water partition coefficient (Wildman–Crippen LogP) is 3.72. The maximum atomic E-state index is 12.2. The molecule has 1 N–H and O–H groups in total. The van der Waals surface area contributed by atoms with Crippen LogP contribution in [0.2, 0.25) is 0 Å². The molecule has 1 fully saturated rings. The quantitative estimate of drug-likeness (QED) is 0.623. The fourth-order valence-corrected chi connectivity index (χ4v) is 3.99. The number of likely N-dealkylation sites (N-methyl/N-ethyl adjacent to an activating group) is 1. The van der Waals surface area contributed by atoms with Crippen LogP contribution in [0.5, 0.6) is 0 Å². The van der Waals surface area contributed by atoms with E-state index in [1.165, 1.54) is 5.56 Å². The molecule has 0 spiro atoms. The van der Waals surface area contributed by atoms with Crippen molar-refractivity contribution in [2.24, 2.45) is 0 Å². The predicted molar refractivity (Wildman–Crippen MR) is 124 cm³/mol. The van der Waals surface area contributed by atoms with Crippen LogP contribution in [0.4, 0.5) is 11.4 Å². The Morgan fingerprint density at radius 2 is 1.74 bits per heavy atom. The fraction of sp³-hybridized carbons (Fsp3) is 0.440. The van der Waals surface area contributed by atoms with Gasteiger partial charge >= 0.3 is 5.97 Å². The van der Waals surface area contributed by atoms with Gasteiger partial charge in [0.05, 0.1) is 13.2 Å². The summed E-state index contributed by atoms with van der Waals surface area (Å²) in [6.45, 7) is 4.49. The largest absolute Gasteiger partial charge is 0.465 e. The van der Waals surface area contributed by atoms with Crippen LogP contribution in [0, 0.1) is 0 Å². The fourth-order valence-electron chi connectivity index (χ4n) is 3.99. The molecule has 0 saturated carbocycles. The third kappa shape index (κ3) is 7.10. The number of piperidine rings is 1. The number of aryl methyl sites for hydroxylation is 1. The molecule has 1 amide bonds. The minimum atomic E-state index is -0.158. The van der Waals surface area contributed by atoms with Crippen LogP contribution in [-0.2, 0) is 20.7 Å². The van der Waals surface area contributed by atoms with Crippen LogP contribution in [-0.4, -0.2) is 56.1 Å². The van der Waals surface area contributed by atoms with Crippen LogP contribution in [0.25, 0.3) is 0 Å². The molecule has 6 nitrogen and oxygen atoms in total. The minimum absolute atomic E-state index is 0.0297. The highest BCUT2D eigenvalue weighted by Crippen LogP contribution is 2.24. The molecule has 0 aliphatic carbocycles. The third-order valence-electron chi connectivity index (χ3n) is 5.77. The minimum Gasteiger partial charge on any atom is -0.465 e. The van der Waals surface area contributed by atoms with E-state index in [1.54, 1.807) is 0 Å². The molecule has 2 aromatic carbocycles. The molecule has 3 rings (SSSR count). The lowest BCUT2D eigenvalue weighted by molar-refractivity contribution is -0.144. The van der Waals surface area contributed by atoms with Crippen molar-refractivity contribution in [1.29, 1.82) is 0 Å². The number of anilines is 2. The number of benzene rings is 2. The van der Waals surface area contributed by atoms with Gasteiger partial charge in [-0.3, -0.25) is 14.5 Å². The highest BCUT2D eigenvalue weighted by atomic mass is 16.5. The molecule has 0 atom stereocenters. The number of hydrogen-bond acceptors (Lipinski definition) is 5. The van der Waals surface area contributed by atoms with E-state index < -0.39 is 0 Å². The SMILES string of the molecule is CCOC(=O)CN(C)C1CCN(c2ccc(NC(=O)CCc3ccccc3)cc2)CC1. The molecule has 166 valence electrons. The van der Waals surface area contributed by atoms with E-state index in [4.69, 9.17) is 4.74 Å². The van der Waals surface area contributed by atoms with E-state index in [1.807, 2.05) is 56.4 Å². The van der Waals surface area contributed by atoms with Gasteiger partial charge in [-0.15, -0.1) is 0 Å². The molecule has 0 bridgehead atoms. The van der Waals surface area contributed by atoms with E-state index in [0.29, 0.717) is 25.6 Å². The van der Waals surface area contributed by atoms with Gasteiger partial charge in [-0.25, -0.2) is 0 Å². The van der Waals surface area contributed by atoms with Gasteiger partial charge < -0.3 is 15.0 Å². The van der Waals surface area contributed by atoms with Crippen molar-refractivity contribution in [3.05, 3.63) is 60.2 Å². The molecule has 0 radical (unpaired) electrons. The summed E-state index contributed by atoms with van der Waals surface area (Å²) in [4.78, 5) is 28.4. The number of nitrogens with zero attached hydrogens (tertiary/aromatic N) is 2. The van der Waals surface area contributed by atoms with E-state index in [9.17, 15) is 9.59 Å². The third-order valence-corrected chi connectivity index (χ3v) is 5.77. The summed E-state index contributed by atoms with van der Waals surface area (Å²) in [6, 6.07) is 18.5. The molecule has 0 unspecified atom stereocenters. The Morgan fingerprint density at radius 1 is 1.06 bits per heavy atom. The number of ether oxygens (including phenoxy) is 1. The Bertz CT molecular complexity index is 831. The van der Waals surface area contributed by atoms with Crippen molar-refractivity contribution >= 4 is 23.3 Å². The molecule has 2 aromatic rings. The average molecular weight is 424 g/mol. The molecule has 1 heterocycles. The zero-order valence-corrected chi connectivity index (χ0v) is 18.5. The summed E-state index contributed by atoms with van der Waals surface area (Å²) in [7, 11) is 1.99. The first-order valence-electron chi connectivity index (χ1n) is 11.1. The summed E-state index contributed by atoms with van der Waals surface area (Å²) in [5.41, 5.74) is 3.16. The monoisotopic (exact) mass is 423 g/mol. The Hall–Kier alpha value is -2.86. The van der Waals surface area contributed by atoms with Gasteiger partial charge in [-0.05, 0) is 63.1 Å². The molecule has 31 heavy (non-hydrogen) atoms. The first-order chi connectivity index (χ1) is 15.0. The molecule has 1 saturated heterocycles. The Morgan fingerprint density at radius 3 is 2.39 bits per heavy atom. The number of carbonyl (C=O) groups is 2. The van der Waals surface area contributed by atoms with Crippen molar-refractivity contribution < 1.29 is 14.3 Å². The summed E-state index contributed by atoms with van der Waals surface area (Å²) >= 11 is 0. The number of esters is 1. The zero-order chi connectivity index (χ0) is 22.1. The summed E-state index contributed by atoms with van der Waals surface area (Å²) in [5, 5.41) is 2.98. The lowest BCUT2D eigenvalue weighted by atomic mass is 10.0. The van der Waals surface area contributed by atoms with E-state index in [0.717, 1.165) is 43.7 Å². The second-order valence-electron chi connectivity index (χ2n) is 8.02. The Kier molecular flexibility index (Phi) is 8.47. The van der Waals surface area contributed by atoms with Crippen molar-refractivity contribution in [3.8, 4) is 0 Å². The van der Waals surface area contributed by atoms with Crippen LogP contribution < -0.4 is 10.2 Å². The highest BCUT2D eigenvalue weighted by Gasteiger charge is 2.24. The first kappa shape index (κ1) is 22.8. The van der Waals surface area contributed by atoms with Crippen LogP contribution in [0.3, 0.4) is 0 Å². The number of nitrogens with one attached hydrogen (secondary N) is 1. The molecular weight excluding hydrogens is 390 g/mol. The molecule has 6 heteroatoms. The van der Waals surface area contributed by atoms with E-state index >= 15 is 0 Å². The van der Waals surface area contributed by atoms with Crippen LogP contribution in [0.15, 0.2) is 54.6 Å². The lowest BCUT2D eigenvalue weighted by Crippen LogP contribution is -2.45. The highest BCUT2D eigenvalue weighted by molar-refractivity contribution is 5.91. The summed E-state index contributed by atoms with van der Waals surface area (Å²) < 4.78 is 5.05. The summed E-state index contributed by atoms with van der Waals surface area (Å²) in [5.74, 6) is -0.129. The molecule has 1 aliphatic rings. The van der Waals surface area contributed by atoms with Gasteiger partial charge in [0.25, 0.3) is 0 Å². The molecule has 1 aliphatic heterocycles. The standard InChI is InChI=1S/C25H33N3O3/c1-3-31-25(30)19-27(2)22-15-17-28(18-16-22)23-12-10-21(11-13-23)26-24(29)14-9-20-7-5-4-6-8-20/h4-8,10-13,22H,3,9,14-19H2,1-2H3,(H,26,29). The van der Waals surface area contributed by atoms with E-state index in [-0.39, 0.29) is 11.9 Å². The average Bonchev–Trinajstić information content (AvgIpc) is 2.79. The number of amides is 1. The zero-order valence-electron chi connectivity index (χ0n) is 18.5. The van der Waals surface area contributed by atoms with Crippen LogP contribution >= 0.6 is 0 Å². The van der Waals surface area contributed by atoms with E-state index in [2.05, 4.69) is 27.2 Å². The number of rotatable bonds is 9. The van der Waals surface area contributed by atoms with Crippen LogP contribution in [0.1, 0.15) is 31.7 Å².